The van der Waals surface area contributed by atoms with Gasteiger partial charge < -0.3 is 14.2 Å². The Balaban J connectivity index is 1.42. The van der Waals surface area contributed by atoms with E-state index in [1.165, 1.54) is 10.8 Å². The lowest BCUT2D eigenvalue weighted by Gasteiger charge is -2.30. The van der Waals surface area contributed by atoms with Crippen LogP contribution in [0.25, 0.3) is 22.1 Å². The highest BCUT2D eigenvalue weighted by Gasteiger charge is 2.33. The summed E-state index contributed by atoms with van der Waals surface area (Å²) in [6, 6.07) is 18.6. The normalized spacial score (nSPS) is 22.5. The molecular weight excluding hydrogens is 324 g/mol. The van der Waals surface area contributed by atoms with E-state index in [-0.39, 0.29) is 5.91 Å². The second kappa shape index (κ2) is 6.29. The molecule has 4 heterocycles. The molecule has 3 aliphatic rings. The third-order valence-electron chi connectivity index (χ3n) is 5.77. The van der Waals surface area contributed by atoms with Crippen molar-refractivity contribution in [2.24, 2.45) is 0 Å². The van der Waals surface area contributed by atoms with Gasteiger partial charge in [0.25, 0.3) is 5.91 Å². The van der Waals surface area contributed by atoms with Gasteiger partial charge in [-0.2, -0.15) is 0 Å². The average molecular weight is 346 g/mol. The zero-order chi connectivity index (χ0) is 17.5. The minimum absolute atomic E-state index is 0.0331. The Labute approximate surface area is 153 Å². The standard InChI is InChI=1S/C22H22N2O2/c25-22(24-14-13-23-11-9-19(24)10-12-23)21-8-7-20(26-21)18-6-5-16-3-1-2-4-17(16)15-18/h1-8,15,19H,9-14H2. The molecule has 3 aromatic rings. The minimum Gasteiger partial charge on any atom is -0.451 e. The molecule has 6 rings (SSSR count). The van der Waals surface area contributed by atoms with Gasteiger partial charge in [-0.25, -0.2) is 0 Å². The molecule has 0 unspecified atom stereocenters. The first-order valence-corrected chi connectivity index (χ1v) is 9.40. The summed E-state index contributed by atoms with van der Waals surface area (Å²) >= 11 is 0. The first-order valence-electron chi connectivity index (χ1n) is 9.40. The smallest absolute Gasteiger partial charge is 0.289 e. The van der Waals surface area contributed by atoms with Gasteiger partial charge in [-0.3, -0.25) is 4.79 Å². The monoisotopic (exact) mass is 346 g/mol. The summed E-state index contributed by atoms with van der Waals surface area (Å²) < 4.78 is 5.98. The SMILES string of the molecule is O=C(c1ccc(-c2ccc3ccccc3c2)o1)N1CCN2CCC1CC2. The summed E-state index contributed by atoms with van der Waals surface area (Å²) in [6.07, 6.45) is 2.15. The van der Waals surface area contributed by atoms with Crippen molar-refractivity contribution < 1.29 is 9.21 Å². The molecule has 2 aromatic carbocycles. The maximum atomic E-state index is 13.0. The number of rotatable bonds is 2. The van der Waals surface area contributed by atoms with Crippen molar-refractivity contribution in [3.05, 3.63) is 60.4 Å². The Morgan fingerprint density at radius 1 is 0.885 bits per heavy atom. The second-order valence-electron chi connectivity index (χ2n) is 7.30. The quantitative estimate of drug-likeness (QED) is 0.703. The van der Waals surface area contributed by atoms with Crippen molar-refractivity contribution in [2.45, 2.75) is 18.9 Å². The minimum atomic E-state index is 0.0331. The first kappa shape index (κ1) is 15.6. The van der Waals surface area contributed by atoms with Crippen LogP contribution in [0, 0.1) is 0 Å². The van der Waals surface area contributed by atoms with E-state index in [1.54, 1.807) is 0 Å². The van der Waals surface area contributed by atoms with Gasteiger partial charge in [0, 0.05) is 37.8 Å². The zero-order valence-electron chi connectivity index (χ0n) is 14.7. The maximum Gasteiger partial charge on any atom is 0.289 e. The number of furan rings is 1. The van der Waals surface area contributed by atoms with Crippen molar-refractivity contribution in [3.8, 4) is 11.3 Å². The number of nitrogens with zero attached hydrogens (tertiary/aromatic N) is 2. The average Bonchev–Trinajstić information content (AvgIpc) is 3.00. The molecule has 4 heteroatoms. The number of carbonyl (C=O) groups excluding carboxylic acids is 1. The molecule has 1 amide bonds. The number of fused-ring (bicyclic) bond motifs is 5. The Hall–Kier alpha value is -2.59. The molecule has 0 aliphatic carbocycles. The number of carbonyl (C=O) groups is 1. The molecule has 3 saturated heterocycles. The molecule has 0 radical (unpaired) electrons. The van der Waals surface area contributed by atoms with Crippen LogP contribution in [-0.2, 0) is 0 Å². The highest BCUT2D eigenvalue weighted by molar-refractivity contribution is 5.93. The molecule has 3 fully saturated rings. The van der Waals surface area contributed by atoms with E-state index in [9.17, 15) is 4.79 Å². The Morgan fingerprint density at radius 2 is 1.69 bits per heavy atom. The number of hydrogen-bond donors (Lipinski definition) is 0. The fourth-order valence-corrected chi connectivity index (χ4v) is 4.25. The Morgan fingerprint density at radius 3 is 2.54 bits per heavy atom. The third-order valence-corrected chi connectivity index (χ3v) is 5.77. The van der Waals surface area contributed by atoms with Crippen molar-refractivity contribution in [3.63, 3.8) is 0 Å². The van der Waals surface area contributed by atoms with Crippen molar-refractivity contribution in [1.29, 1.82) is 0 Å². The third kappa shape index (κ3) is 2.71. The van der Waals surface area contributed by atoms with E-state index in [4.69, 9.17) is 4.42 Å². The summed E-state index contributed by atoms with van der Waals surface area (Å²) in [7, 11) is 0. The first-order chi connectivity index (χ1) is 12.8. The summed E-state index contributed by atoms with van der Waals surface area (Å²) in [5, 5.41) is 2.38. The van der Waals surface area contributed by atoms with Gasteiger partial charge in [-0.1, -0.05) is 36.4 Å². The van der Waals surface area contributed by atoms with E-state index < -0.39 is 0 Å². The van der Waals surface area contributed by atoms with Gasteiger partial charge >= 0.3 is 0 Å². The topological polar surface area (TPSA) is 36.7 Å². The van der Waals surface area contributed by atoms with Crippen LogP contribution in [0.15, 0.2) is 59.0 Å². The fraction of sp³-hybridized carbons (Fsp3) is 0.318. The molecular formula is C22H22N2O2. The predicted molar refractivity (Wildman–Crippen MR) is 102 cm³/mol. The summed E-state index contributed by atoms with van der Waals surface area (Å²) in [5.41, 5.74) is 1.01. The molecule has 1 aromatic heterocycles. The van der Waals surface area contributed by atoms with Crippen LogP contribution in [-0.4, -0.2) is 47.9 Å². The molecule has 0 saturated carbocycles. The summed E-state index contributed by atoms with van der Waals surface area (Å²) in [6.45, 7) is 3.99. The molecule has 2 bridgehead atoms. The summed E-state index contributed by atoms with van der Waals surface area (Å²) in [4.78, 5) is 17.5. The van der Waals surface area contributed by atoms with E-state index in [1.807, 2.05) is 29.2 Å². The molecule has 0 N–H and O–H groups in total. The highest BCUT2D eigenvalue weighted by Crippen LogP contribution is 2.28. The number of amides is 1. The summed E-state index contributed by atoms with van der Waals surface area (Å²) in [5.74, 6) is 1.24. The van der Waals surface area contributed by atoms with E-state index in [2.05, 4.69) is 35.2 Å². The van der Waals surface area contributed by atoms with Crippen molar-refractivity contribution in [2.75, 3.05) is 26.2 Å². The molecule has 132 valence electrons. The number of benzene rings is 2. The molecule has 3 aliphatic heterocycles. The number of piperidine rings is 1. The molecule has 26 heavy (non-hydrogen) atoms. The van der Waals surface area contributed by atoms with Crippen LogP contribution in [0.4, 0.5) is 0 Å². The predicted octanol–water partition coefficient (Wildman–Crippen LogP) is 4.02. The van der Waals surface area contributed by atoms with Crippen LogP contribution >= 0.6 is 0 Å². The largest absolute Gasteiger partial charge is 0.451 e. The van der Waals surface area contributed by atoms with Gasteiger partial charge in [0.2, 0.25) is 0 Å². The van der Waals surface area contributed by atoms with Gasteiger partial charge in [-0.15, -0.1) is 0 Å². The van der Waals surface area contributed by atoms with Gasteiger partial charge in [0.05, 0.1) is 0 Å². The van der Waals surface area contributed by atoms with Gasteiger partial charge in [0.15, 0.2) is 5.76 Å². The van der Waals surface area contributed by atoms with Crippen LogP contribution in [0.2, 0.25) is 0 Å². The Bertz CT molecular complexity index is 953. The lowest BCUT2D eigenvalue weighted by Crippen LogP contribution is -2.41. The van der Waals surface area contributed by atoms with E-state index in [0.29, 0.717) is 11.8 Å². The second-order valence-corrected chi connectivity index (χ2v) is 7.30. The zero-order valence-corrected chi connectivity index (χ0v) is 14.7. The van der Waals surface area contributed by atoms with Crippen molar-refractivity contribution >= 4 is 16.7 Å². The highest BCUT2D eigenvalue weighted by atomic mass is 16.4. The van der Waals surface area contributed by atoms with E-state index >= 15 is 0 Å². The lowest BCUT2D eigenvalue weighted by molar-refractivity contribution is 0.0653. The molecule has 0 atom stereocenters. The van der Waals surface area contributed by atoms with Gasteiger partial charge in [-0.05, 0) is 41.8 Å². The maximum absolute atomic E-state index is 13.0. The fourth-order valence-electron chi connectivity index (χ4n) is 4.25. The number of hydrogen-bond acceptors (Lipinski definition) is 3. The lowest BCUT2D eigenvalue weighted by atomic mass is 10.1. The van der Waals surface area contributed by atoms with E-state index in [0.717, 1.165) is 50.3 Å². The Kier molecular flexibility index (Phi) is 3.79. The molecule has 0 spiro atoms. The van der Waals surface area contributed by atoms with Crippen LogP contribution in [0.1, 0.15) is 23.4 Å². The van der Waals surface area contributed by atoms with Crippen molar-refractivity contribution in [1.82, 2.24) is 9.80 Å². The van der Waals surface area contributed by atoms with Crippen LogP contribution < -0.4 is 0 Å². The van der Waals surface area contributed by atoms with Crippen LogP contribution in [0.3, 0.4) is 0 Å². The van der Waals surface area contributed by atoms with Gasteiger partial charge in [0.1, 0.15) is 5.76 Å². The van der Waals surface area contributed by atoms with Crippen LogP contribution in [0.5, 0.6) is 0 Å². The molecule has 4 nitrogen and oxygen atoms in total.